The molecule has 0 aromatic heterocycles. The predicted octanol–water partition coefficient (Wildman–Crippen LogP) is 16.2. The summed E-state index contributed by atoms with van der Waals surface area (Å²) in [7, 11) is 0. The van der Waals surface area contributed by atoms with Crippen LogP contribution < -0.4 is 9.80 Å². The number of allylic oxidation sites excluding steroid dienone is 4. The van der Waals surface area contributed by atoms with Gasteiger partial charge in [0, 0.05) is 39.5 Å². The first-order valence-corrected chi connectivity index (χ1v) is 22.0. The molecule has 0 fully saturated rings. The van der Waals surface area contributed by atoms with Crippen molar-refractivity contribution in [2.45, 2.75) is 44.9 Å². The van der Waals surface area contributed by atoms with Crippen LogP contribution in [0.5, 0.6) is 0 Å². The zero-order valence-electron chi connectivity index (χ0n) is 35.9. The summed E-state index contributed by atoms with van der Waals surface area (Å²) in [4.78, 5) is 4.88. The highest BCUT2D eigenvalue weighted by Gasteiger charge is 2.44. The maximum absolute atomic E-state index is 2.46. The Morgan fingerprint density at radius 1 is 0.371 bits per heavy atom. The van der Waals surface area contributed by atoms with Crippen molar-refractivity contribution >= 4 is 34.0 Å². The average molecular weight is 799 g/mol. The SMILES string of the molecule is CC1(C)c2ccccc2-c2ccc(N(c3ccccc3)c3ccc(-c4ccc(N(C5=CC=C6c7ccccc7C(C)(C)C6C5)c5ccccc5)cc4)c(-c4ccccc4)c3)cc21. The lowest BCUT2D eigenvalue weighted by Gasteiger charge is -2.36. The number of hydrogen-bond acceptors (Lipinski definition) is 2. The summed E-state index contributed by atoms with van der Waals surface area (Å²) in [6, 6.07) is 73.6. The molecule has 0 saturated carbocycles. The maximum atomic E-state index is 2.46. The molecule has 0 bridgehead atoms. The van der Waals surface area contributed by atoms with Crippen LogP contribution in [0.2, 0.25) is 0 Å². The molecule has 0 spiro atoms. The Morgan fingerprint density at radius 2 is 0.871 bits per heavy atom. The van der Waals surface area contributed by atoms with Gasteiger partial charge < -0.3 is 9.80 Å². The van der Waals surface area contributed by atoms with E-state index in [0.717, 1.165) is 29.2 Å². The van der Waals surface area contributed by atoms with E-state index in [9.17, 15) is 0 Å². The molecule has 3 aliphatic rings. The minimum absolute atomic E-state index is 0.0488. The molecule has 0 radical (unpaired) electrons. The Bertz CT molecular complexity index is 3030. The fourth-order valence-corrected chi connectivity index (χ4v) is 10.7. The van der Waals surface area contributed by atoms with Crippen LogP contribution in [-0.2, 0) is 10.8 Å². The van der Waals surface area contributed by atoms with Gasteiger partial charge in [0.2, 0.25) is 0 Å². The van der Waals surface area contributed by atoms with Crippen LogP contribution in [0.15, 0.2) is 218 Å². The largest absolute Gasteiger partial charge is 0.314 e. The summed E-state index contributed by atoms with van der Waals surface area (Å²) >= 11 is 0. The second-order valence-corrected chi connectivity index (χ2v) is 18.2. The standard InChI is InChI=1S/C60H50N2/c1-59(2)55-26-16-14-24-50(55)52-36-33-47(39-57(52)59)61(43-20-10-6-11-21-43)45-30-28-42(29-31-45)49-35-32-46(38-54(49)41-18-8-5-9-19-41)62(44-22-12-7-13-23-44)48-34-37-53-51-25-15-17-27-56(51)60(3,4)58(53)40-48/h5-38,40,57H,39H2,1-4H3. The van der Waals surface area contributed by atoms with Crippen molar-refractivity contribution in [2.24, 2.45) is 5.92 Å². The third-order valence-electron chi connectivity index (χ3n) is 14.0. The second-order valence-electron chi connectivity index (χ2n) is 18.2. The highest BCUT2D eigenvalue weighted by atomic mass is 15.2. The highest BCUT2D eigenvalue weighted by molar-refractivity contribution is 5.91. The van der Waals surface area contributed by atoms with E-state index in [-0.39, 0.29) is 10.8 Å². The van der Waals surface area contributed by atoms with E-state index in [1.54, 1.807) is 0 Å². The van der Waals surface area contributed by atoms with E-state index in [0.29, 0.717) is 5.92 Å². The van der Waals surface area contributed by atoms with Gasteiger partial charge in [-0.15, -0.1) is 0 Å². The van der Waals surface area contributed by atoms with Crippen molar-refractivity contribution in [1.29, 1.82) is 0 Å². The molecule has 0 heterocycles. The third kappa shape index (κ3) is 6.16. The molecule has 0 amide bonds. The lowest BCUT2D eigenvalue weighted by Crippen LogP contribution is -2.28. The first-order valence-electron chi connectivity index (χ1n) is 22.0. The summed E-state index contributed by atoms with van der Waals surface area (Å²) in [5.41, 5.74) is 21.5. The first kappa shape index (κ1) is 37.8. The number of rotatable bonds is 8. The van der Waals surface area contributed by atoms with Gasteiger partial charge in [-0.2, -0.15) is 0 Å². The van der Waals surface area contributed by atoms with Gasteiger partial charge in [0.25, 0.3) is 0 Å². The van der Waals surface area contributed by atoms with Crippen LogP contribution in [0.25, 0.3) is 39.0 Å². The molecule has 1 unspecified atom stereocenters. The van der Waals surface area contributed by atoms with Crippen LogP contribution in [0, 0.1) is 5.92 Å². The molecule has 0 aliphatic heterocycles. The lowest BCUT2D eigenvalue weighted by molar-refractivity contribution is 0.406. The van der Waals surface area contributed by atoms with Gasteiger partial charge in [0.05, 0.1) is 0 Å². The van der Waals surface area contributed by atoms with Crippen molar-refractivity contribution in [3.63, 3.8) is 0 Å². The third-order valence-corrected chi connectivity index (χ3v) is 14.0. The van der Waals surface area contributed by atoms with Crippen molar-refractivity contribution in [3.8, 4) is 33.4 Å². The Morgan fingerprint density at radius 3 is 1.56 bits per heavy atom. The van der Waals surface area contributed by atoms with Crippen molar-refractivity contribution in [1.82, 2.24) is 0 Å². The van der Waals surface area contributed by atoms with E-state index in [2.05, 4.69) is 250 Å². The summed E-state index contributed by atoms with van der Waals surface area (Å²) < 4.78 is 0. The van der Waals surface area contributed by atoms with Crippen LogP contribution in [-0.4, -0.2) is 0 Å². The fraction of sp³-hybridized carbons (Fsp3) is 0.133. The quantitative estimate of drug-likeness (QED) is 0.151. The van der Waals surface area contributed by atoms with E-state index in [4.69, 9.17) is 0 Å². The molecule has 8 aromatic carbocycles. The number of nitrogens with zero attached hydrogens (tertiary/aromatic N) is 2. The molecule has 1 atom stereocenters. The van der Waals surface area contributed by atoms with Crippen LogP contribution in [0.3, 0.4) is 0 Å². The first-order chi connectivity index (χ1) is 30.3. The smallest absolute Gasteiger partial charge is 0.0468 e. The summed E-state index contributed by atoms with van der Waals surface area (Å²) in [6.07, 6.45) is 5.71. The van der Waals surface area contributed by atoms with Crippen LogP contribution >= 0.6 is 0 Å². The Hall–Kier alpha value is -7.16. The molecule has 2 nitrogen and oxygen atoms in total. The van der Waals surface area contributed by atoms with E-state index in [1.165, 1.54) is 72.6 Å². The van der Waals surface area contributed by atoms with Gasteiger partial charge in [-0.05, 0) is 146 Å². The average Bonchev–Trinajstić information content (AvgIpc) is 3.69. The van der Waals surface area contributed by atoms with Gasteiger partial charge in [0.1, 0.15) is 0 Å². The van der Waals surface area contributed by atoms with Crippen molar-refractivity contribution < 1.29 is 0 Å². The molecule has 2 heteroatoms. The number of fused-ring (bicyclic) bond motifs is 6. The number of anilines is 5. The molecule has 62 heavy (non-hydrogen) atoms. The minimum Gasteiger partial charge on any atom is -0.314 e. The lowest BCUT2D eigenvalue weighted by atomic mass is 9.74. The molecule has 300 valence electrons. The molecule has 0 saturated heterocycles. The zero-order chi connectivity index (χ0) is 42.0. The van der Waals surface area contributed by atoms with Gasteiger partial charge in [-0.25, -0.2) is 0 Å². The Labute approximate surface area is 366 Å². The topological polar surface area (TPSA) is 6.48 Å². The summed E-state index contributed by atoms with van der Waals surface area (Å²) in [6.45, 7) is 9.55. The number of benzene rings is 8. The van der Waals surface area contributed by atoms with E-state index >= 15 is 0 Å². The Kier molecular flexibility index (Phi) is 9.02. The molecular formula is C60H50N2. The van der Waals surface area contributed by atoms with Gasteiger partial charge in [0.15, 0.2) is 0 Å². The zero-order valence-corrected chi connectivity index (χ0v) is 35.9. The molecule has 0 N–H and O–H groups in total. The van der Waals surface area contributed by atoms with Crippen molar-refractivity contribution in [2.75, 3.05) is 9.80 Å². The minimum atomic E-state index is -0.0995. The molecule has 8 aromatic rings. The van der Waals surface area contributed by atoms with Gasteiger partial charge >= 0.3 is 0 Å². The maximum Gasteiger partial charge on any atom is 0.0468 e. The molecule has 11 rings (SSSR count). The van der Waals surface area contributed by atoms with E-state index < -0.39 is 0 Å². The summed E-state index contributed by atoms with van der Waals surface area (Å²) in [5, 5.41) is 0. The number of para-hydroxylation sites is 2. The number of hydrogen-bond donors (Lipinski definition) is 0. The normalized spacial score (nSPS) is 16.3. The van der Waals surface area contributed by atoms with Crippen LogP contribution in [0.4, 0.5) is 28.4 Å². The predicted molar refractivity (Wildman–Crippen MR) is 262 cm³/mol. The summed E-state index contributed by atoms with van der Waals surface area (Å²) in [5.74, 6) is 0.410. The van der Waals surface area contributed by atoms with Gasteiger partial charge in [-0.3, -0.25) is 0 Å². The molecular weight excluding hydrogens is 749 g/mol. The fourth-order valence-electron chi connectivity index (χ4n) is 10.7. The second kappa shape index (κ2) is 14.8. The van der Waals surface area contributed by atoms with Gasteiger partial charge in [-0.1, -0.05) is 173 Å². The highest BCUT2D eigenvalue weighted by Crippen LogP contribution is 2.55. The monoisotopic (exact) mass is 798 g/mol. The van der Waals surface area contributed by atoms with Crippen LogP contribution in [0.1, 0.15) is 56.4 Å². The Balaban J connectivity index is 0.994. The van der Waals surface area contributed by atoms with Crippen molar-refractivity contribution in [3.05, 3.63) is 240 Å². The molecule has 3 aliphatic carbocycles. The van der Waals surface area contributed by atoms with E-state index in [1.807, 2.05) is 0 Å².